The molecule has 1 unspecified atom stereocenters. The highest BCUT2D eigenvalue weighted by molar-refractivity contribution is 6.06. The van der Waals surface area contributed by atoms with Crippen LogP contribution in [0.3, 0.4) is 0 Å². The average Bonchev–Trinajstić information content (AvgIpc) is 2.60. The molecule has 0 bridgehead atoms. The zero-order valence-corrected chi connectivity index (χ0v) is 10.6. The first-order valence-corrected chi connectivity index (χ1v) is 6.15. The van der Waals surface area contributed by atoms with Crippen molar-refractivity contribution in [3.8, 4) is 0 Å². The lowest BCUT2D eigenvalue weighted by molar-refractivity contribution is -0.138. The van der Waals surface area contributed by atoms with E-state index in [0.717, 1.165) is 17.7 Å². The summed E-state index contributed by atoms with van der Waals surface area (Å²) in [5.74, 6) is -0.231. The fourth-order valence-corrected chi connectivity index (χ4v) is 2.06. The summed E-state index contributed by atoms with van der Waals surface area (Å²) < 4.78 is 0. The second-order valence-corrected chi connectivity index (χ2v) is 4.48. The molecule has 96 valence electrons. The predicted octanol–water partition coefficient (Wildman–Crippen LogP) is 1.34. The number of hydrogen-bond acceptors (Lipinski definition) is 4. The SMILES string of the molecule is CCCN1C(=O)CC(Nc2cnccc2C)C1=O. The van der Waals surface area contributed by atoms with Crippen molar-refractivity contribution in [1.82, 2.24) is 9.88 Å². The first-order chi connectivity index (χ1) is 8.63. The largest absolute Gasteiger partial charge is 0.372 e. The predicted molar refractivity (Wildman–Crippen MR) is 68.0 cm³/mol. The number of carbonyl (C=O) groups excluding carboxylic acids is 2. The van der Waals surface area contributed by atoms with Crippen molar-refractivity contribution >= 4 is 17.5 Å². The van der Waals surface area contributed by atoms with E-state index in [-0.39, 0.29) is 18.2 Å². The van der Waals surface area contributed by atoms with Gasteiger partial charge in [0, 0.05) is 12.7 Å². The fraction of sp³-hybridized carbons (Fsp3) is 0.462. The van der Waals surface area contributed by atoms with Crippen LogP contribution in [0.2, 0.25) is 0 Å². The van der Waals surface area contributed by atoms with Crippen LogP contribution in [0.25, 0.3) is 0 Å². The number of hydrogen-bond donors (Lipinski definition) is 1. The van der Waals surface area contributed by atoms with Gasteiger partial charge in [0.2, 0.25) is 5.91 Å². The minimum absolute atomic E-state index is 0.0964. The van der Waals surface area contributed by atoms with Crippen LogP contribution < -0.4 is 5.32 Å². The minimum atomic E-state index is -0.452. The zero-order chi connectivity index (χ0) is 13.1. The summed E-state index contributed by atoms with van der Waals surface area (Å²) in [5.41, 5.74) is 1.82. The number of amides is 2. The van der Waals surface area contributed by atoms with Crippen LogP contribution in [-0.2, 0) is 9.59 Å². The Balaban J connectivity index is 2.10. The summed E-state index contributed by atoms with van der Waals surface area (Å²) in [6.07, 6.45) is 4.39. The highest BCUT2D eigenvalue weighted by atomic mass is 16.2. The number of carbonyl (C=O) groups is 2. The maximum atomic E-state index is 12.0. The van der Waals surface area contributed by atoms with Gasteiger partial charge in [-0.05, 0) is 25.0 Å². The molecule has 0 spiro atoms. The Morgan fingerprint density at radius 1 is 1.50 bits per heavy atom. The maximum absolute atomic E-state index is 12.0. The van der Waals surface area contributed by atoms with Crippen LogP contribution in [0.5, 0.6) is 0 Å². The lowest BCUT2D eigenvalue weighted by Crippen LogP contribution is -2.35. The number of likely N-dealkylation sites (tertiary alicyclic amines) is 1. The molecule has 1 atom stereocenters. The standard InChI is InChI=1S/C13H17N3O2/c1-3-6-16-12(17)7-10(13(16)18)15-11-8-14-5-4-9(11)2/h4-5,8,10,15H,3,6-7H2,1-2H3. The van der Waals surface area contributed by atoms with Crippen molar-refractivity contribution < 1.29 is 9.59 Å². The van der Waals surface area contributed by atoms with Gasteiger partial charge in [-0.15, -0.1) is 0 Å². The molecule has 0 saturated carbocycles. The molecule has 5 heteroatoms. The Morgan fingerprint density at radius 3 is 2.94 bits per heavy atom. The monoisotopic (exact) mass is 247 g/mol. The molecule has 1 fully saturated rings. The molecule has 0 aliphatic carbocycles. The second-order valence-electron chi connectivity index (χ2n) is 4.48. The lowest BCUT2D eigenvalue weighted by Gasteiger charge is -2.15. The summed E-state index contributed by atoms with van der Waals surface area (Å²) in [7, 11) is 0. The second kappa shape index (κ2) is 5.16. The van der Waals surface area contributed by atoms with E-state index in [1.54, 1.807) is 12.4 Å². The maximum Gasteiger partial charge on any atom is 0.252 e. The molecule has 1 N–H and O–H groups in total. The zero-order valence-electron chi connectivity index (χ0n) is 10.6. The molecule has 1 aromatic rings. The van der Waals surface area contributed by atoms with Crippen LogP contribution in [0.1, 0.15) is 25.3 Å². The molecule has 2 rings (SSSR count). The highest BCUT2D eigenvalue weighted by Crippen LogP contribution is 2.20. The molecule has 2 amide bonds. The first-order valence-electron chi connectivity index (χ1n) is 6.15. The number of nitrogens with zero attached hydrogens (tertiary/aromatic N) is 2. The van der Waals surface area contributed by atoms with Crippen LogP contribution in [0.4, 0.5) is 5.69 Å². The minimum Gasteiger partial charge on any atom is -0.372 e. The highest BCUT2D eigenvalue weighted by Gasteiger charge is 2.37. The van der Waals surface area contributed by atoms with Crippen LogP contribution >= 0.6 is 0 Å². The third-order valence-corrected chi connectivity index (χ3v) is 3.06. The van der Waals surface area contributed by atoms with E-state index in [2.05, 4.69) is 10.3 Å². The number of aromatic nitrogens is 1. The third-order valence-electron chi connectivity index (χ3n) is 3.06. The summed E-state index contributed by atoms with van der Waals surface area (Å²) in [4.78, 5) is 29.1. The van der Waals surface area contributed by atoms with Crippen molar-refractivity contribution in [2.24, 2.45) is 0 Å². The van der Waals surface area contributed by atoms with Crippen LogP contribution in [0.15, 0.2) is 18.5 Å². The Morgan fingerprint density at radius 2 is 2.28 bits per heavy atom. The van der Waals surface area contributed by atoms with Crippen LogP contribution in [0, 0.1) is 6.92 Å². The molecule has 1 aromatic heterocycles. The van der Waals surface area contributed by atoms with Crippen molar-refractivity contribution in [2.75, 3.05) is 11.9 Å². The molecule has 2 heterocycles. The number of pyridine rings is 1. The summed E-state index contributed by atoms with van der Waals surface area (Å²) >= 11 is 0. The van der Waals surface area contributed by atoms with E-state index in [4.69, 9.17) is 0 Å². The van der Waals surface area contributed by atoms with Gasteiger partial charge in [-0.2, -0.15) is 0 Å². The van der Waals surface area contributed by atoms with E-state index in [1.807, 2.05) is 19.9 Å². The van der Waals surface area contributed by atoms with E-state index < -0.39 is 6.04 Å². The Kier molecular flexibility index (Phi) is 3.60. The number of imide groups is 1. The van der Waals surface area contributed by atoms with Gasteiger partial charge in [-0.25, -0.2) is 0 Å². The van der Waals surface area contributed by atoms with Gasteiger partial charge in [-0.1, -0.05) is 6.92 Å². The van der Waals surface area contributed by atoms with Crippen molar-refractivity contribution in [2.45, 2.75) is 32.7 Å². The first kappa shape index (κ1) is 12.5. The number of rotatable bonds is 4. The smallest absolute Gasteiger partial charge is 0.252 e. The van der Waals surface area contributed by atoms with E-state index in [1.165, 1.54) is 4.90 Å². The van der Waals surface area contributed by atoms with Gasteiger partial charge < -0.3 is 5.32 Å². The fourth-order valence-electron chi connectivity index (χ4n) is 2.06. The summed E-state index contributed by atoms with van der Waals surface area (Å²) in [6, 6.07) is 1.42. The topological polar surface area (TPSA) is 62.3 Å². The van der Waals surface area contributed by atoms with E-state index >= 15 is 0 Å². The average molecular weight is 247 g/mol. The van der Waals surface area contributed by atoms with E-state index in [0.29, 0.717) is 6.54 Å². The summed E-state index contributed by atoms with van der Waals surface area (Å²) in [6.45, 7) is 4.39. The van der Waals surface area contributed by atoms with Gasteiger partial charge in [0.15, 0.2) is 0 Å². The molecular formula is C13H17N3O2. The van der Waals surface area contributed by atoms with Gasteiger partial charge in [0.1, 0.15) is 6.04 Å². The summed E-state index contributed by atoms with van der Waals surface area (Å²) in [5, 5.41) is 3.10. The van der Waals surface area contributed by atoms with Crippen molar-refractivity contribution in [1.29, 1.82) is 0 Å². The molecule has 1 saturated heterocycles. The van der Waals surface area contributed by atoms with Gasteiger partial charge in [0.05, 0.1) is 18.3 Å². The van der Waals surface area contributed by atoms with Crippen molar-refractivity contribution in [3.63, 3.8) is 0 Å². The quantitative estimate of drug-likeness (QED) is 0.816. The molecule has 0 radical (unpaired) electrons. The molecule has 1 aliphatic rings. The van der Waals surface area contributed by atoms with Gasteiger partial charge in [0.25, 0.3) is 5.91 Å². The Labute approximate surface area is 106 Å². The normalized spacial score (nSPS) is 19.4. The number of anilines is 1. The Bertz CT molecular complexity index is 473. The lowest BCUT2D eigenvalue weighted by atomic mass is 10.2. The molecule has 18 heavy (non-hydrogen) atoms. The molecule has 0 aromatic carbocycles. The van der Waals surface area contributed by atoms with E-state index in [9.17, 15) is 9.59 Å². The number of nitrogens with one attached hydrogen (secondary N) is 1. The van der Waals surface area contributed by atoms with Crippen LogP contribution in [-0.4, -0.2) is 34.3 Å². The van der Waals surface area contributed by atoms with Gasteiger partial charge >= 0.3 is 0 Å². The molecule has 1 aliphatic heterocycles. The van der Waals surface area contributed by atoms with Gasteiger partial charge in [-0.3, -0.25) is 19.5 Å². The number of aryl methyl sites for hydroxylation is 1. The third kappa shape index (κ3) is 2.34. The molecular weight excluding hydrogens is 230 g/mol. The molecule has 5 nitrogen and oxygen atoms in total. The Hall–Kier alpha value is -1.91. The van der Waals surface area contributed by atoms with Crippen molar-refractivity contribution in [3.05, 3.63) is 24.0 Å².